The minimum absolute atomic E-state index is 0.331. The topological polar surface area (TPSA) is 114 Å². The molecule has 7 heteroatoms. The van der Waals surface area contributed by atoms with Crippen LogP contribution >= 0.6 is 0 Å². The molecule has 7 nitrogen and oxygen atoms in total. The second-order valence-corrected chi connectivity index (χ2v) is 2.99. The van der Waals surface area contributed by atoms with Gasteiger partial charge in [0.15, 0.2) is 6.29 Å². The Balaban J connectivity index is 2.64. The Labute approximate surface area is 80.8 Å². The second kappa shape index (κ2) is 4.56. The number of nitrogens with one attached hydrogen (secondary N) is 1. The van der Waals surface area contributed by atoms with Crippen LogP contribution in [0.25, 0.3) is 0 Å². The zero-order valence-electron chi connectivity index (χ0n) is 7.71. The number of methoxy groups -OCH3 is 1. The van der Waals surface area contributed by atoms with Crippen molar-refractivity contribution in [1.82, 2.24) is 5.32 Å². The van der Waals surface area contributed by atoms with Gasteiger partial charge in [0.25, 0.3) is 0 Å². The fourth-order valence-electron chi connectivity index (χ4n) is 1.42. The lowest BCUT2D eigenvalue weighted by atomic mass is 10.1. The number of amides is 2. The van der Waals surface area contributed by atoms with Gasteiger partial charge in [0.1, 0.15) is 12.2 Å². The standard InChI is InChI=1S/C7H14N2O5/c1-13-6-5(11)4(9-7(8)12)3(2-10)14-6/h3-6,10-11H,2H2,1H3,(H3,8,9,12)/t3-,4-,5+,6-/m1/s1. The van der Waals surface area contributed by atoms with Crippen LogP contribution in [0.5, 0.6) is 0 Å². The van der Waals surface area contributed by atoms with E-state index in [0.29, 0.717) is 0 Å². The molecular weight excluding hydrogens is 192 g/mol. The summed E-state index contributed by atoms with van der Waals surface area (Å²) >= 11 is 0. The molecule has 0 bridgehead atoms. The van der Waals surface area contributed by atoms with Gasteiger partial charge in [-0.3, -0.25) is 0 Å². The quantitative estimate of drug-likeness (QED) is 0.416. The zero-order valence-corrected chi connectivity index (χ0v) is 7.71. The summed E-state index contributed by atoms with van der Waals surface area (Å²) in [6, 6.07) is -1.53. The number of aliphatic hydroxyl groups is 2. The number of hydrogen-bond acceptors (Lipinski definition) is 5. The Morgan fingerprint density at radius 3 is 2.79 bits per heavy atom. The van der Waals surface area contributed by atoms with Gasteiger partial charge in [-0.05, 0) is 0 Å². The van der Waals surface area contributed by atoms with Crippen molar-refractivity contribution in [2.75, 3.05) is 13.7 Å². The Kier molecular flexibility index (Phi) is 3.64. The van der Waals surface area contributed by atoms with E-state index in [1.807, 2.05) is 0 Å². The molecule has 82 valence electrons. The highest BCUT2D eigenvalue weighted by Gasteiger charge is 2.44. The monoisotopic (exact) mass is 206 g/mol. The van der Waals surface area contributed by atoms with Gasteiger partial charge in [-0.25, -0.2) is 4.79 Å². The lowest BCUT2D eigenvalue weighted by molar-refractivity contribution is -0.153. The van der Waals surface area contributed by atoms with Crippen molar-refractivity contribution in [2.24, 2.45) is 5.73 Å². The number of rotatable bonds is 3. The van der Waals surface area contributed by atoms with Crippen LogP contribution in [0, 0.1) is 0 Å². The van der Waals surface area contributed by atoms with Crippen molar-refractivity contribution in [3.05, 3.63) is 0 Å². The summed E-state index contributed by atoms with van der Waals surface area (Å²) in [5.74, 6) is 0. The highest BCUT2D eigenvalue weighted by Crippen LogP contribution is 2.21. The van der Waals surface area contributed by atoms with Crippen LogP contribution in [-0.2, 0) is 9.47 Å². The number of nitrogens with two attached hydrogens (primary N) is 1. The van der Waals surface area contributed by atoms with Crippen molar-refractivity contribution in [3.63, 3.8) is 0 Å². The normalized spacial score (nSPS) is 37.1. The molecule has 1 fully saturated rings. The molecule has 0 radical (unpaired) electrons. The highest BCUT2D eigenvalue weighted by molar-refractivity contribution is 5.72. The third-order valence-corrected chi connectivity index (χ3v) is 2.08. The van der Waals surface area contributed by atoms with Crippen molar-refractivity contribution in [3.8, 4) is 0 Å². The van der Waals surface area contributed by atoms with Crippen LogP contribution < -0.4 is 11.1 Å². The SMILES string of the molecule is CO[C@@H]1O[C@H](CO)[C@@H](NC(N)=O)[C@@H]1O. The lowest BCUT2D eigenvalue weighted by Gasteiger charge is -2.18. The highest BCUT2D eigenvalue weighted by atomic mass is 16.7. The molecule has 1 aliphatic heterocycles. The maximum Gasteiger partial charge on any atom is 0.312 e. The summed E-state index contributed by atoms with van der Waals surface area (Å²) in [7, 11) is 1.36. The molecule has 0 spiro atoms. The third kappa shape index (κ3) is 2.13. The molecule has 0 unspecified atom stereocenters. The van der Waals surface area contributed by atoms with E-state index in [4.69, 9.17) is 20.3 Å². The summed E-state index contributed by atoms with van der Waals surface area (Å²) in [6.07, 6.45) is -2.60. The predicted octanol–water partition coefficient (Wildman–Crippen LogP) is -2.25. The molecule has 1 saturated heterocycles. The third-order valence-electron chi connectivity index (χ3n) is 2.08. The van der Waals surface area contributed by atoms with Crippen molar-refractivity contribution >= 4 is 6.03 Å². The van der Waals surface area contributed by atoms with Crippen LogP contribution in [0.2, 0.25) is 0 Å². The average molecular weight is 206 g/mol. The largest absolute Gasteiger partial charge is 0.394 e. The van der Waals surface area contributed by atoms with E-state index in [-0.39, 0.29) is 6.61 Å². The second-order valence-electron chi connectivity index (χ2n) is 2.99. The van der Waals surface area contributed by atoms with Gasteiger partial charge in [-0.15, -0.1) is 0 Å². The Hall–Kier alpha value is -0.890. The van der Waals surface area contributed by atoms with Gasteiger partial charge in [-0.1, -0.05) is 0 Å². The van der Waals surface area contributed by atoms with E-state index in [0.717, 1.165) is 0 Å². The number of primary amides is 1. The smallest absolute Gasteiger partial charge is 0.312 e. The Morgan fingerprint density at radius 2 is 2.36 bits per heavy atom. The van der Waals surface area contributed by atoms with E-state index < -0.39 is 30.6 Å². The molecular formula is C7H14N2O5. The first-order valence-corrected chi connectivity index (χ1v) is 4.13. The predicted molar refractivity (Wildman–Crippen MR) is 45.3 cm³/mol. The van der Waals surface area contributed by atoms with E-state index in [1.165, 1.54) is 7.11 Å². The number of carbonyl (C=O) groups is 1. The van der Waals surface area contributed by atoms with Crippen molar-refractivity contribution in [2.45, 2.75) is 24.5 Å². The summed E-state index contributed by atoms with van der Waals surface area (Å²) in [5.41, 5.74) is 4.90. The van der Waals surface area contributed by atoms with Crippen molar-refractivity contribution in [1.29, 1.82) is 0 Å². The van der Waals surface area contributed by atoms with Crippen LogP contribution in [-0.4, -0.2) is 54.5 Å². The first-order valence-electron chi connectivity index (χ1n) is 4.13. The van der Waals surface area contributed by atoms with Crippen molar-refractivity contribution < 1.29 is 24.5 Å². The summed E-state index contributed by atoms with van der Waals surface area (Å²) in [6.45, 7) is -0.331. The number of urea groups is 1. The minimum atomic E-state index is -1.04. The Morgan fingerprint density at radius 1 is 1.71 bits per heavy atom. The molecule has 0 aromatic heterocycles. The molecule has 1 rings (SSSR count). The molecule has 0 saturated carbocycles. The molecule has 4 atom stereocenters. The summed E-state index contributed by atoms with van der Waals surface area (Å²) in [4.78, 5) is 10.6. The van der Waals surface area contributed by atoms with Gasteiger partial charge >= 0.3 is 6.03 Å². The van der Waals surface area contributed by atoms with Crippen LogP contribution in [0.3, 0.4) is 0 Å². The van der Waals surface area contributed by atoms with Gasteiger partial charge in [0.2, 0.25) is 0 Å². The zero-order chi connectivity index (χ0) is 10.7. The van der Waals surface area contributed by atoms with E-state index in [9.17, 15) is 9.90 Å². The van der Waals surface area contributed by atoms with Crippen LogP contribution in [0.4, 0.5) is 4.79 Å². The summed E-state index contributed by atoms with van der Waals surface area (Å²) in [5, 5.41) is 20.7. The molecule has 5 N–H and O–H groups in total. The fourth-order valence-corrected chi connectivity index (χ4v) is 1.42. The van der Waals surface area contributed by atoms with Gasteiger partial charge in [0, 0.05) is 7.11 Å². The molecule has 0 aliphatic carbocycles. The fraction of sp³-hybridized carbons (Fsp3) is 0.857. The van der Waals surface area contributed by atoms with Gasteiger partial charge in [0.05, 0.1) is 12.6 Å². The molecule has 1 heterocycles. The first kappa shape index (κ1) is 11.2. The summed E-state index contributed by atoms with van der Waals surface area (Å²) < 4.78 is 9.88. The maximum absolute atomic E-state index is 10.6. The number of carbonyl (C=O) groups excluding carboxylic acids is 1. The van der Waals surface area contributed by atoms with E-state index in [2.05, 4.69) is 5.32 Å². The minimum Gasteiger partial charge on any atom is -0.394 e. The molecule has 0 aromatic carbocycles. The maximum atomic E-state index is 10.6. The molecule has 14 heavy (non-hydrogen) atoms. The van der Waals surface area contributed by atoms with E-state index in [1.54, 1.807) is 0 Å². The number of hydrogen-bond donors (Lipinski definition) is 4. The molecule has 0 aromatic rings. The first-order chi connectivity index (χ1) is 6.60. The van der Waals surface area contributed by atoms with Crippen LogP contribution in [0.15, 0.2) is 0 Å². The van der Waals surface area contributed by atoms with E-state index >= 15 is 0 Å². The Bertz CT molecular complexity index is 210. The van der Waals surface area contributed by atoms with Gasteiger partial charge in [-0.2, -0.15) is 0 Å². The molecule has 1 aliphatic rings. The lowest BCUT2D eigenvalue weighted by Crippen LogP contribution is -2.50. The number of ether oxygens (including phenoxy) is 2. The molecule has 2 amide bonds. The number of aliphatic hydroxyl groups excluding tert-OH is 2. The average Bonchev–Trinajstić information content (AvgIpc) is 2.43. The van der Waals surface area contributed by atoms with Gasteiger partial charge < -0.3 is 30.7 Å². The van der Waals surface area contributed by atoms with Crippen LogP contribution in [0.1, 0.15) is 0 Å².